The van der Waals surface area contributed by atoms with E-state index in [9.17, 15) is 4.79 Å². The van der Waals surface area contributed by atoms with Crippen molar-refractivity contribution in [2.75, 3.05) is 0 Å². The molecule has 1 amide bonds. The van der Waals surface area contributed by atoms with Crippen molar-refractivity contribution in [1.29, 1.82) is 0 Å². The van der Waals surface area contributed by atoms with Crippen molar-refractivity contribution in [3.63, 3.8) is 0 Å². The Hall–Kier alpha value is -1.03. The molecule has 0 aliphatic heterocycles. The first-order valence-corrected chi connectivity index (χ1v) is 8.53. The molecule has 0 heterocycles. The molecule has 4 nitrogen and oxygen atoms in total. The fourth-order valence-electron chi connectivity index (χ4n) is 3.17. The van der Waals surface area contributed by atoms with Crippen LogP contribution in [0.5, 0.6) is 0 Å². The van der Waals surface area contributed by atoms with Crippen molar-refractivity contribution in [2.45, 2.75) is 83.3 Å². The Bertz CT molecular complexity index is 319. The molecule has 21 heavy (non-hydrogen) atoms. The molecule has 4 N–H and O–H groups in total. The van der Waals surface area contributed by atoms with Gasteiger partial charge in [0.25, 0.3) is 0 Å². The van der Waals surface area contributed by atoms with Gasteiger partial charge in [0.1, 0.15) is 0 Å². The molecule has 1 fully saturated rings. The van der Waals surface area contributed by atoms with Gasteiger partial charge in [-0.15, -0.1) is 0 Å². The van der Waals surface area contributed by atoms with Gasteiger partial charge < -0.3 is 16.4 Å². The molecule has 1 rings (SSSR count). The molecular weight excluding hydrogens is 262 g/mol. The molecule has 4 unspecified atom stereocenters. The Morgan fingerprint density at radius 3 is 2.76 bits per heavy atom. The van der Waals surface area contributed by atoms with Crippen LogP contribution in [0.15, 0.2) is 12.8 Å². The fraction of sp³-hybridized carbons (Fsp3) is 0.824. The molecule has 0 aromatic carbocycles. The minimum absolute atomic E-state index is 0.0623. The second kappa shape index (κ2) is 9.82. The number of hydrogen-bond donors (Lipinski definition) is 3. The van der Waals surface area contributed by atoms with Crippen LogP contribution < -0.4 is 16.4 Å². The van der Waals surface area contributed by atoms with Crippen LogP contribution in [0, 0.1) is 5.92 Å². The summed E-state index contributed by atoms with van der Waals surface area (Å²) in [7, 11) is 0. The Morgan fingerprint density at radius 2 is 2.14 bits per heavy atom. The SMILES string of the molecule is C=CNC1CCC(C(=O)NC(CC)CCCC)CC(N)C1. The van der Waals surface area contributed by atoms with Gasteiger partial charge >= 0.3 is 0 Å². The van der Waals surface area contributed by atoms with Gasteiger partial charge in [0.15, 0.2) is 0 Å². The minimum atomic E-state index is 0.0623. The maximum atomic E-state index is 12.5. The molecule has 0 spiro atoms. The third-order valence-corrected chi connectivity index (χ3v) is 4.51. The van der Waals surface area contributed by atoms with E-state index in [1.807, 2.05) is 0 Å². The largest absolute Gasteiger partial charge is 0.389 e. The summed E-state index contributed by atoms with van der Waals surface area (Å²) in [6.45, 7) is 8.04. The molecule has 1 aliphatic carbocycles. The molecule has 0 aromatic heterocycles. The molecule has 122 valence electrons. The monoisotopic (exact) mass is 295 g/mol. The first-order chi connectivity index (χ1) is 10.1. The number of unbranched alkanes of at least 4 members (excludes halogenated alkanes) is 1. The van der Waals surface area contributed by atoms with Crippen molar-refractivity contribution < 1.29 is 4.79 Å². The van der Waals surface area contributed by atoms with Gasteiger partial charge in [0, 0.05) is 24.0 Å². The Balaban J connectivity index is 2.50. The summed E-state index contributed by atoms with van der Waals surface area (Å²) < 4.78 is 0. The van der Waals surface area contributed by atoms with E-state index in [4.69, 9.17) is 5.73 Å². The number of hydrogen-bond acceptors (Lipinski definition) is 3. The van der Waals surface area contributed by atoms with Crippen LogP contribution >= 0.6 is 0 Å². The summed E-state index contributed by atoms with van der Waals surface area (Å²) in [6.07, 6.45) is 9.79. The first kappa shape index (κ1) is 18.0. The lowest BCUT2D eigenvalue weighted by molar-refractivity contribution is -0.126. The zero-order valence-electron chi connectivity index (χ0n) is 13.7. The second-order valence-corrected chi connectivity index (χ2v) is 6.33. The standard InChI is InChI=1S/C17H33N3O/c1-4-7-8-15(5-2)20-17(21)13-9-10-16(19-6-3)12-14(18)11-13/h6,13-16,19H,3-5,7-12,18H2,1-2H3,(H,20,21). The molecule has 1 aliphatic rings. The summed E-state index contributed by atoms with van der Waals surface area (Å²) in [5.41, 5.74) is 6.17. The molecule has 0 aromatic rings. The number of nitrogens with one attached hydrogen (secondary N) is 2. The van der Waals surface area contributed by atoms with Gasteiger partial charge in [0.2, 0.25) is 5.91 Å². The van der Waals surface area contributed by atoms with Crippen LogP contribution in [0.4, 0.5) is 0 Å². The zero-order valence-corrected chi connectivity index (χ0v) is 13.7. The third kappa shape index (κ3) is 6.51. The molecular formula is C17H33N3O. The molecule has 4 atom stereocenters. The summed E-state index contributed by atoms with van der Waals surface area (Å²) >= 11 is 0. The molecule has 0 radical (unpaired) electrons. The van der Waals surface area contributed by atoms with Gasteiger partial charge in [0.05, 0.1) is 0 Å². The van der Waals surface area contributed by atoms with Gasteiger partial charge in [-0.3, -0.25) is 4.79 Å². The lowest BCUT2D eigenvalue weighted by Crippen LogP contribution is -2.40. The predicted molar refractivity (Wildman–Crippen MR) is 88.8 cm³/mol. The van der Waals surface area contributed by atoms with Gasteiger partial charge in [-0.25, -0.2) is 0 Å². The van der Waals surface area contributed by atoms with Crippen LogP contribution in [0.25, 0.3) is 0 Å². The smallest absolute Gasteiger partial charge is 0.223 e. The second-order valence-electron chi connectivity index (χ2n) is 6.33. The Morgan fingerprint density at radius 1 is 1.38 bits per heavy atom. The summed E-state index contributed by atoms with van der Waals surface area (Å²) in [5.74, 6) is 0.264. The van der Waals surface area contributed by atoms with Gasteiger partial charge in [-0.1, -0.05) is 33.3 Å². The molecule has 4 heteroatoms. The number of nitrogens with two attached hydrogens (primary N) is 1. The highest BCUT2D eigenvalue weighted by atomic mass is 16.1. The average molecular weight is 295 g/mol. The first-order valence-electron chi connectivity index (χ1n) is 8.53. The topological polar surface area (TPSA) is 67.2 Å². The van der Waals surface area contributed by atoms with Crippen LogP contribution in [0.2, 0.25) is 0 Å². The van der Waals surface area contributed by atoms with Gasteiger partial charge in [-0.05, 0) is 44.7 Å². The van der Waals surface area contributed by atoms with Crippen molar-refractivity contribution >= 4 is 5.91 Å². The van der Waals surface area contributed by atoms with E-state index in [0.717, 1.165) is 38.5 Å². The highest BCUT2D eigenvalue weighted by Gasteiger charge is 2.28. The number of carbonyl (C=O) groups is 1. The van der Waals surface area contributed by atoms with E-state index in [1.165, 1.54) is 12.8 Å². The van der Waals surface area contributed by atoms with Crippen LogP contribution in [-0.4, -0.2) is 24.0 Å². The number of rotatable bonds is 8. The normalized spacial score (nSPS) is 27.5. The zero-order chi connectivity index (χ0) is 15.7. The Labute approximate surface area is 129 Å². The van der Waals surface area contributed by atoms with E-state index >= 15 is 0 Å². The number of amides is 1. The Kier molecular flexibility index (Phi) is 8.43. The lowest BCUT2D eigenvalue weighted by Gasteiger charge is -2.22. The van der Waals surface area contributed by atoms with E-state index < -0.39 is 0 Å². The molecule has 0 saturated heterocycles. The fourth-order valence-corrected chi connectivity index (χ4v) is 3.17. The minimum Gasteiger partial charge on any atom is -0.389 e. The van der Waals surface area contributed by atoms with Gasteiger partial charge in [-0.2, -0.15) is 0 Å². The quantitative estimate of drug-likeness (QED) is 0.603. The van der Waals surface area contributed by atoms with Crippen LogP contribution in [0.1, 0.15) is 65.2 Å². The average Bonchev–Trinajstić information content (AvgIpc) is 2.65. The number of carbonyl (C=O) groups excluding carboxylic acids is 1. The van der Waals surface area contributed by atoms with E-state index in [-0.39, 0.29) is 17.9 Å². The van der Waals surface area contributed by atoms with Crippen molar-refractivity contribution in [3.05, 3.63) is 12.8 Å². The van der Waals surface area contributed by atoms with E-state index in [1.54, 1.807) is 6.20 Å². The highest BCUT2D eigenvalue weighted by Crippen LogP contribution is 2.23. The van der Waals surface area contributed by atoms with Crippen LogP contribution in [-0.2, 0) is 4.79 Å². The van der Waals surface area contributed by atoms with Crippen LogP contribution in [0.3, 0.4) is 0 Å². The summed E-state index contributed by atoms with van der Waals surface area (Å²) in [5, 5.41) is 6.48. The molecule has 0 bridgehead atoms. The van der Waals surface area contributed by atoms with Crippen molar-refractivity contribution in [2.24, 2.45) is 11.7 Å². The van der Waals surface area contributed by atoms with E-state index in [0.29, 0.717) is 12.1 Å². The third-order valence-electron chi connectivity index (χ3n) is 4.51. The van der Waals surface area contributed by atoms with E-state index in [2.05, 4.69) is 31.1 Å². The van der Waals surface area contributed by atoms with Crippen molar-refractivity contribution in [3.8, 4) is 0 Å². The van der Waals surface area contributed by atoms with Crippen molar-refractivity contribution in [1.82, 2.24) is 10.6 Å². The summed E-state index contributed by atoms with van der Waals surface area (Å²) in [4.78, 5) is 12.5. The molecule has 1 saturated carbocycles. The summed E-state index contributed by atoms with van der Waals surface area (Å²) in [6, 6.07) is 0.771. The lowest BCUT2D eigenvalue weighted by atomic mass is 9.96. The highest BCUT2D eigenvalue weighted by molar-refractivity contribution is 5.79. The predicted octanol–water partition coefficient (Wildman–Crippen LogP) is 2.69. The maximum Gasteiger partial charge on any atom is 0.223 e. The maximum absolute atomic E-state index is 12.5.